The van der Waals surface area contributed by atoms with Crippen LogP contribution in [0.25, 0.3) is 16.5 Å². The van der Waals surface area contributed by atoms with Crippen molar-refractivity contribution in [1.29, 1.82) is 0 Å². The standard InChI is InChI=1S/C18H16N2O4/c21-17-13-7-3-4-8-14(13)18(22)19(17)15-9-10-16(20(23)24)12-6-2-1-5-11(12)15/h1-2,5-6,9-10,21-22H,3-4,7-8H2. The first-order valence-corrected chi connectivity index (χ1v) is 7.90. The minimum absolute atomic E-state index is 0.00486. The maximum absolute atomic E-state index is 11.3. The molecule has 1 heterocycles. The molecule has 0 saturated heterocycles. The second-order valence-electron chi connectivity index (χ2n) is 6.05. The first-order valence-electron chi connectivity index (χ1n) is 7.90. The van der Waals surface area contributed by atoms with Gasteiger partial charge in [0.1, 0.15) is 0 Å². The van der Waals surface area contributed by atoms with E-state index in [1.807, 2.05) is 0 Å². The van der Waals surface area contributed by atoms with Gasteiger partial charge < -0.3 is 10.2 Å². The van der Waals surface area contributed by atoms with Crippen molar-refractivity contribution in [3.05, 3.63) is 57.6 Å². The highest BCUT2D eigenvalue weighted by Crippen LogP contribution is 2.43. The van der Waals surface area contributed by atoms with Crippen LogP contribution < -0.4 is 0 Å². The third-order valence-corrected chi connectivity index (χ3v) is 4.75. The quantitative estimate of drug-likeness (QED) is 0.554. The third-order valence-electron chi connectivity index (χ3n) is 4.75. The van der Waals surface area contributed by atoms with Gasteiger partial charge in [-0.1, -0.05) is 18.2 Å². The topological polar surface area (TPSA) is 88.5 Å². The van der Waals surface area contributed by atoms with E-state index in [2.05, 4.69) is 0 Å². The van der Waals surface area contributed by atoms with Crippen LogP contribution in [0.2, 0.25) is 0 Å². The van der Waals surface area contributed by atoms with Gasteiger partial charge in [0.2, 0.25) is 11.8 Å². The zero-order valence-corrected chi connectivity index (χ0v) is 12.9. The predicted octanol–water partition coefficient (Wildman–Crippen LogP) is 3.83. The molecule has 0 spiro atoms. The number of rotatable bonds is 2. The van der Waals surface area contributed by atoms with Crippen LogP contribution >= 0.6 is 0 Å². The van der Waals surface area contributed by atoms with Crippen LogP contribution in [-0.4, -0.2) is 19.7 Å². The van der Waals surface area contributed by atoms with Gasteiger partial charge >= 0.3 is 0 Å². The predicted molar refractivity (Wildman–Crippen MR) is 89.9 cm³/mol. The molecule has 2 aromatic carbocycles. The third kappa shape index (κ3) is 1.96. The van der Waals surface area contributed by atoms with Gasteiger partial charge in [-0.2, -0.15) is 0 Å². The molecule has 4 rings (SSSR count). The largest absolute Gasteiger partial charge is 0.494 e. The van der Waals surface area contributed by atoms with E-state index in [1.165, 1.54) is 10.6 Å². The number of hydrogen-bond acceptors (Lipinski definition) is 4. The lowest BCUT2D eigenvalue weighted by molar-refractivity contribution is -0.383. The fraction of sp³-hybridized carbons (Fsp3) is 0.222. The number of nitro benzene ring substituents is 1. The molecule has 0 atom stereocenters. The average molecular weight is 324 g/mol. The first-order chi connectivity index (χ1) is 11.6. The van der Waals surface area contributed by atoms with E-state index in [-0.39, 0.29) is 17.4 Å². The molecule has 0 bridgehead atoms. The Balaban J connectivity index is 2.04. The summed E-state index contributed by atoms with van der Waals surface area (Å²) in [5.74, 6) is 0.0578. The zero-order chi connectivity index (χ0) is 16.8. The van der Waals surface area contributed by atoms with Gasteiger partial charge in [-0.05, 0) is 37.8 Å². The monoisotopic (exact) mass is 324 g/mol. The molecule has 6 nitrogen and oxygen atoms in total. The van der Waals surface area contributed by atoms with Crippen LogP contribution in [0.15, 0.2) is 36.4 Å². The van der Waals surface area contributed by atoms with Crippen molar-refractivity contribution in [3.63, 3.8) is 0 Å². The van der Waals surface area contributed by atoms with Crippen molar-refractivity contribution in [2.24, 2.45) is 0 Å². The molecule has 0 unspecified atom stereocenters. The normalized spacial score (nSPS) is 13.8. The Bertz CT molecular complexity index is 945. The van der Waals surface area contributed by atoms with Crippen molar-refractivity contribution < 1.29 is 15.1 Å². The lowest BCUT2D eigenvalue weighted by Gasteiger charge is -2.11. The van der Waals surface area contributed by atoms with Crippen molar-refractivity contribution in [3.8, 4) is 17.4 Å². The van der Waals surface area contributed by atoms with Gasteiger partial charge in [0.15, 0.2) is 0 Å². The smallest absolute Gasteiger partial charge is 0.277 e. The van der Waals surface area contributed by atoms with Gasteiger partial charge in [-0.15, -0.1) is 0 Å². The fourth-order valence-corrected chi connectivity index (χ4v) is 3.62. The maximum Gasteiger partial charge on any atom is 0.277 e. The Morgan fingerprint density at radius 1 is 0.917 bits per heavy atom. The Hall–Kier alpha value is -3.02. The highest BCUT2D eigenvalue weighted by atomic mass is 16.6. The van der Waals surface area contributed by atoms with Crippen molar-refractivity contribution >= 4 is 16.5 Å². The van der Waals surface area contributed by atoms with E-state index in [1.54, 1.807) is 30.3 Å². The highest BCUT2D eigenvalue weighted by Gasteiger charge is 2.26. The van der Waals surface area contributed by atoms with Crippen LogP contribution in [-0.2, 0) is 12.8 Å². The summed E-state index contributed by atoms with van der Waals surface area (Å²) in [6.07, 6.45) is 3.41. The Morgan fingerprint density at radius 3 is 2.08 bits per heavy atom. The molecule has 0 amide bonds. The molecule has 0 saturated carbocycles. The number of non-ortho nitro benzene ring substituents is 1. The molecule has 1 aliphatic carbocycles. The summed E-state index contributed by atoms with van der Waals surface area (Å²) < 4.78 is 1.40. The van der Waals surface area contributed by atoms with Crippen molar-refractivity contribution in [2.45, 2.75) is 25.7 Å². The summed E-state index contributed by atoms with van der Waals surface area (Å²) >= 11 is 0. The Labute approximate surface area is 137 Å². The van der Waals surface area contributed by atoms with Crippen LogP contribution in [0.3, 0.4) is 0 Å². The van der Waals surface area contributed by atoms with Gasteiger partial charge in [-0.25, -0.2) is 0 Å². The molecule has 122 valence electrons. The second-order valence-corrected chi connectivity index (χ2v) is 6.05. The minimum atomic E-state index is -0.424. The van der Waals surface area contributed by atoms with E-state index in [0.717, 1.165) is 36.8 Å². The number of nitro groups is 1. The molecule has 0 radical (unpaired) electrons. The van der Waals surface area contributed by atoms with Gasteiger partial charge in [0, 0.05) is 22.6 Å². The van der Waals surface area contributed by atoms with E-state index < -0.39 is 4.92 Å². The van der Waals surface area contributed by atoms with Crippen LogP contribution in [0.1, 0.15) is 24.0 Å². The lowest BCUT2D eigenvalue weighted by Crippen LogP contribution is -1.98. The molecule has 1 aromatic heterocycles. The summed E-state index contributed by atoms with van der Waals surface area (Å²) in [4.78, 5) is 10.8. The van der Waals surface area contributed by atoms with Crippen LogP contribution in [0.5, 0.6) is 11.8 Å². The minimum Gasteiger partial charge on any atom is -0.494 e. The van der Waals surface area contributed by atoms with Gasteiger partial charge in [0.05, 0.1) is 16.0 Å². The molecular formula is C18H16N2O4. The number of aromatic nitrogens is 1. The second kappa shape index (κ2) is 5.26. The number of aromatic hydroxyl groups is 2. The van der Waals surface area contributed by atoms with Crippen molar-refractivity contribution in [1.82, 2.24) is 4.57 Å². The molecule has 2 N–H and O–H groups in total. The van der Waals surface area contributed by atoms with Gasteiger partial charge in [-0.3, -0.25) is 14.7 Å². The summed E-state index contributed by atoms with van der Waals surface area (Å²) in [7, 11) is 0. The molecule has 0 fully saturated rings. The number of nitrogens with zero attached hydrogens (tertiary/aromatic N) is 2. The fourth-order valence-electron chi connectivity index (χ4n) is 3.62. The van der Waals surface area contributed by atoms with E-state index in [9.17, 15) is 20.3 Å². The average Bonchev–Trinajstić information content (AvgIpc) is 2.85. The van der Waals surface area contributed by atoms with E-state index in [0.29, 0.717) is 16.5 Å². The SMILES string of the molecule is O=[N+]([O-])c1ccc(-n2c(O)c3c(c2O)CCCC3)c2ccccc12. The lowest BCUT2D eigenvalue weighted by atomic mass is 9.95. The number of fused-ring (bicyclic) bond motifs is 2. The molecule has 1 aliphatic rings. The highest BCUT2D eigenvalue weighted by molar-refractivity contribution is 5.97. The molecule has 3 aromatic rings. The van der Waals surface area contributed by atoms with E-state index >= 15 is 0 Å². The summed E-state index contributed by atoms with van der Waals surface area (Å²) in [5, 5.41) is 33.6. The summed E-state index contributed by atoms with van der Waals surface area (Å²) in [5.41, 5.74) is 2.10. The number of hydrogen-bond donors (Lipinski definition) is 2. The Morgan fingerprint density at radius 2 is 1.50 bits per heavy atom. The molecule has 24 heavy (non-hydrogen) atoms. The number of benzene rings is 2. The Kier molecular flexibility index (Phi) is 3.19. The molecule has 0 aliphatic heterocycles. The summed E-state index contributed by atoms with van der Waals surface area (Å²) in [6.45, 7) is 0. The summed E-state index contributed by atoms with van der Waals surface area (Å²) in [6, 6.07) is 9.94. The van der Waals surface area contributed by atoms with Gasteiger partial charge in [0.25, 0.3) is 5.69 Å². The molecule has 6 heteroatoms. The zero-order valence-electron chi connectivity index (χ0n) is 12.9. The molecular weight excluding hydrogens is 308 g/mol. The van der Waals surface area contributed by atoms with Crippen molar-refractivity contribution in [2.75, 3.05) is 0 Å². The first kappa shape index (κ1) is 14.6. The maximum atomic E-state index is 11.3. The van der Waals surface area contributed by atoms with Crippen LogP contribution in [0.4, 0.5) is 5.69 Å². The van der Waals surface area contributed by atoms with Crippen LogP contribution in [0, 0.1) is 10.1 Å². The van der Waals surface area contributed by atoms with E-state index in [4.69, 9.17) is 0 Å².